The second-order valence-corrected chi connectivity index (χ2v) is 6.61. The number of carbonyl (C=O) groups is 2. The average Bonchev–Trinajstić information content (AvgIpc) is 3.07. The average molecular weight is 349 g/mol. The molecule has 7 nitrogen and oxygen atoms in total. The van der Waals surface area contributed by atoms with Crippen molar-refractivity contribution in [3.05, 3.63) is 23.8 Å². The van der Waals surface area contributed by atoms with Crippen LogP contribution in [0.2, 0.25) is 0 Å². The number of hydrogen-bond donors (Lipinski definition) is 1. The SMILES string of the molecule is COCCC1(C(=O)O)CCCN(C(=O)Cc2ccc3c(c2)OCO3)C1. The van der Waals surface area contributed by atoms with Gasteiger partial charge in [-0.2, -0.15) is 0 Å². The number of carboxylic acid groups (broad SMARTS) is 1. The molecular formula is C18H23NO6. The molecule has 136 valence electrons. The lowest BCUT2D eigenvalue weighted by Crippen LogP contribution is -2.50. The predicted molar refractivity (Wildman–Crippen MR) is 88.6 cm³/mol. The molecule has 2 heterocycles. The monoisotopic (exact) mass is 349 g/mol. The van der Waals surface area contributed by atoms with Crippen molar-refractivity contribution in [2.45, 2.75) is 25.7 Å². The summed E-state index contributed by atoms with van der Waals surface area (Å²) >= 11 is 0. The van der Waals surface area contributed by atoms with Gasteiger partial charge in [0, 0.05) is 26.8 Å². The number of hydrogen-bond acceptors (Lipinski definition) is 5. The lowest BCUT2D eigenvalue weighted by Gasteiger charge is -2.40. The van der Waals surface area contributed by atoms with Crippen LogP contribution in [0, 0.1) is 5.41 Å². The van der Waals surface area contributed by atoms with Crippen molar-refractivity contribution in [3.63, 3.8) is 0 Å². The first-order valence-electron chi connectivity index (χ1n) is 8.43. The Kier molecular flexibility index (Phi) is 5.13. The minimum absolute atomic E-state index is 0.0680. The van der Waals surface area contributed by atoms with Gasteiger partial charge in [0.05, 0.1) is 11.8 Å². The zero-order valence-corrected chi connectivity index (χ0v) is 14.3. The van der Waals surface area contributed by atoms with E-state index in [2.05, 4.69) is 0 Å². The third-order valence-electron chi connectivity index (χ3n) is 4.96. The van der Waals surface area contributed by atoms with Gasteiger partial charge in [0.1, 0.15) is 0 Å². The van der Waals surface area contributed by atoms with Crippen LogP contribution in [0.3, 0.4) is 0 Å². The summed E-state index contributed by atoms with van der Waals surface area (Å²) in [7, 11) is 1.56. The molecule has 2 aliphatic heterocycles. The van der Waals surface area contributed by atoms with Gasteiger partial charge in [0.15, 0.2) is 11.5 Å². The summed E-state index contributed by atoms with van der Waals surface area (Å²) in [5.41, 5.74) is -0.0867. The molecule has 1 saturated heterocycles. The normalized spacial score (nSPS) is 22.0. The molecule has 1 unspecified atom stereocenters. The number of amides is 1. The van der Waals surface area contributed by atoms with E-state index in [4.69, 9.17) is 14.2 Å². The van der Waals surface area contributed by atoms with Crippen LogP contribution >= 0.6 is 0 Å². The largest absolute Gasteiger partial charge is 0.481 e. The van der Waals surface area contributed by atoms with Crippen molar-refractivity contribution in [2.75, 3.05) is 33.6 Å². The number of aliphatic carboxylic acids is 1. The van der Waals surface area contributed by atoms with E-state index in [1.54, 1.807) is 24.1 Å². The maximum atomic E-state index is 12.7. The van der Waals surface area contributed by atoms with Crippen LogP contribution < -0.4 is 9.47 Å². The number of carboxylic acids is 1. The van der Waals surface area contributed by atoms with E-state index in [0.29, 0.717) is 43.9 Å². The number of rotatable bonds is 6. The van der Waals surface area contributed by atoms with Crippen LogP contribution in [0.5, 0.6) is 11.5 Å². The van der Waals surface area contributed by atoms with E-state index in [1.807, 2.05) is 6.07 Å². The van der Waals surface area contributed by atoms with Crippen LogP contribution in [-0.2, 0) is 20.7 Å². The Labute approximate surface area is 146 Å². The summed E-state index contributed by atoms with van der Waals surface area (Å²) in [5, 5.41) is 9.69. The highest BCUT2D eigenvalue weighted by molar-refractivity contribution is 5.81. The third kappa shape index (κ3) is 3.71. The first kappa shape index (κ1) is 17.5. The van der Waals surface area contributed by atoms with Gasteiger partial charge in [-0.25, -0.2) is 0 Å². The lowest BCUT2D eigenvalue weighted by molar-refractivity contribution is -0.156. The van der Waals surface area contributed by atoms with Crippen LogP contribution in [0.4, 0.5) is 0 Å². The Bertz CT molecular complexity index is 661. The summed E-state index contributed by atoms with van der Waals surface area (Å²) in [6.45, 7) is 1.39. The molecule has 0 aliphatic carbocycles. The molecule has 0 bridgehead atoms. The summed E-state index contributed by atoms with van der Waals surface area (Å²) < 4.78 is 15.7. The van der Waals surface area contributed by atoms with Crippen molar-refractivity contribution >= 4 is 11.9 Å². The summed E-state index contributed by atoms with van der Waals surface area (Å²) in [6, 6.07) is 5.44. The maximum absolute atomic E-state index is 12.7. The predicted octanol–water partition coefficient (Wildman–Crippen LogP) is 1.69. The number of carbonyl (C=O) groups excluding carboxylic acids is 1. The Morgan fingerprint density at radius 2 is 2.12 bits per heavy atom. The smallest absolute Gasteiger partial charge is 0.311 e. The van der Waals surface area contributed by atoms with Gasteiger partial charge < -0.3 is 24.2 Å². The zero-order chi connectivity index (χ0) is 17.9. The first-order valence-corrected chi connectivity index (χ1v) is 8.43. The van der Waals surface area contributed by atoms with Crippen molar-refractivity contribution in [1.82, 2.24) is 4.90 Å². The van der Waals surface area contributed by atoms with Gasteiger partial charge in [-0.15, -0.1) is 0 Å². The first-order chi connectivity index (χ1) is 12.0. The summed E-state index contributed by atoms with van der Waals surface area (Å²) in [4.78, 5) is 26.2. The molecule has 1 fully saturated rings. The van der Waals surface area contributed by atoms with Gasteiger partial charge in [0.2, 0.25) is 12.7 Å². The minimum Gasteiger partial charge on any atom is -0.481 e. The Hall–Kier alpha value is -2.28. The van der Waals surface area contributed by atoms with Crippen LogP contribution in [0.15, 0.2) is 18.2 Å². The fourth-order valence-corrected chi connectivity index (χ4v) is 3.46. The Morgan fingerprint density at radius 3 is 2.88 bits per heavy atom. The molecule has 2 aliphatic rings. The highest BCUT2D eigenvalue weighted by atomic mass is 16.7. The number of methoxy groups -OCH3 is 1. The quantitative estimate of drug-likeness (QED) is 0.841. The van der Waals surface area contributed by atoms with Gasteiger partial charge in [-0.05, 0) is 37.0 Å². The molecule has 1 aromatic rings. The standard InChI is InChI=1S/C18H23NO6/c1-23-8-6-18(17(21)22)5-2-7-19(11-18)16(20)10-13-3-4-14-15(9-13)25-12-24-14/h3-4,9H,2,5-8,10-12H2,1H3,(H,21,22). The maximum Gasteiger partial charge on any atom is 0.311 e. The van der Waals surface area contributed by atoms with Gasteiger partial charge in [-0.3, -0.25) is 9.59 Å². The lowest BCUT2D eigenvalue weighted by atomic mass is 9.77. The van der Waals surface area contributed by atoms with E-state index in [1.165, 1.54) is 0 Å². The number of ether oxygens (including phenoxy) is 3. The minimum atomic E-state index is -0.918. The summed E-state index contributed by atoms with van der Waals surface area (Å²) in [6.07, 6.45) is 1.88. The number of likely N-dealkylation sites (tertiary alicyclic amines) is 1. The van der Waals surface area contributed by atoms with E-state index >= 15 is 0 Å². The highest BCUT2D eigenvalue weighted by Gasteiger charge is 2.43. The van der Waals surface area contributed by atoms with E-state index in [9.17, 15) is 14.7 Å². The van der Waals surface area contributed by atoms with Gasteiger partial charge in [0.25, 0.3) is 0 Å². The molecular weight excluding hydrogens is 326 g/mol. The molecule has 25 heavy (non-hydrogen) atoms. The zero-order valence-electron chi connectivity index (χ0n) is 14.3. The number of benzene rings is 1. The van der Waals surface area contributed by atoms with E-state index < -0.39 is 11.4 Å². The number of fused-ring (bicyclic) bond motifs is 1. The van der Waals surface area contributed by atoms with Crippen LogP contribution in [0.25, 0.3) is 0 Å². The number of nitrogens with zero attached hydrogens (tertiary/aromatic N) is 1. The molecule has 0 aromatic heterocycles. The molecule has 3 rings (SSSR count). The molecule has 7 heteroatoms. The van der Waals surface area contributed by atoms with E-state index in [0.717, 1.165) is 5.56 Å². The van der Waals surface area contributed by atoms with Crippen LogP contribution in [0.1, 0.15) is 24.8 Å². The Morgan fingerprint density at radius 1 is 1.32 bits per heavy atom. The summed E-state index contributed by atoms with van der Waals surface area (Å²) in [5.74, 6) is 0.397. The molecule has 1 amide bonds. The van der Waals surface area contributed by atoms with Crippen molar-refractivity contribution in [3.8, 4) is 11.5 Å². The third-order valence-corrected chi connectivity index (χ3v) is 4.96. The molecule has 1 aromatic carbocycles. The van der Waals surface area contributed by atoms with Gasteiger partial charge in [-0.1, -0.05) is 6.07 Å². The number of piperidine rings is 1. The molecule has 0 radical (unpaired) electrons. The van der Waals surface area contributed by atoms with Crippen LogP contribution in [-0.4, -0.2) is 55.5 Å². The highest BCUT2D eigenvalue weighted by Crippen LogP contribution is 2.35. The fourth-order valence-electron chi connectivity index (χ4n) is 3.46. The molecule has 0 spiro atoms. The molecule has 1 N–H and O–H groups in total. The van der Waals surface area contributed by atoms with Crippen molar-refractivity contribution in [2.24, 2.45) is 5.41 Å². The molecule has 0 saturated carbocycles. The second-order valence-electron chi connectivity index (χ2n) is 6.61. The molecule has 1 atom stereocenters. The van der Waals surface area contributed by atoms with Crippen molar-refractivity contribution < 1.29 is 28.9 Å². The van der Waals surface area contributed by atoms with E-state index in [-0.39, 0.29) is 25.7 Å². The van der Waals surface area contributed by atoms with Gasteiger partial charge >= 0.3 is 5.97 Å². The van der Waals surface area contributed by atoms with Crippen molar-refractivity contribution in [1.29, 1.82) is 0 Å². The fraction of sp³-hybridized carbons (Fsp3) is 0.556. The second kappa shape index (κ2) is 7.31. The Balaban J connectivity index is 1.68. The topological polar surface area (TPSA) is 85.3 Å².